The molecule has 0 spiro atoms. The van der Waals surface area contributed by atoms with Gasteiger partial charge >= 0.3 is 0 Å². The number of aromatic nitrogens is 1. The predicted molar refractivity (Wildman–Crippen MR) is 83.3 cm³/mol. The first-order chi connectivity index (χ1) is 10.6. The Hall–Kier alpha value is -2.69. The second-order valence-corrected chi connectivity index (χ2v) is 5.41. The van der Waals surface area contributed by atoms with Gasteiger partial charge in [-0.1, -0.05) is 18.2 Å². The van der Waals surface area contributed by atoms with Gasteiger partial charge in [0.25, 0.3) is 0 Å². The van der Waals surface area contributed by atoms with Gasteiger partial charge in [0.05, 0.1) is 12.8 Å². The molecule has 1 aliphatic rings. The maximum atomic E-state index is 12.0. The van der Waals surface area contributed by atoms with E-state index >= 15 is 0 Å². The number of anilines is 1. The van der Waals surface area contributed by atoms with Crippen LogP contribution in [0.25, 0.3) is 0 Å². The number of fused-ring (bicyclic) bond motifs is 1. The number of rotatable bonds is 4. The molecule has 5 nitrogen and oxygen atoms in total. The van der Waals surface area contributed by atoms with Crippen LogP contribution in [0.5, 0.6) is 0 Å². The number of benzene rings is 1. The molecule has 2 amide bonds. The number of hydrogen-bond acceptors (Lipinski definition) is 3. The van der Waals surface area contributed by atoms with E-state index in [1.54, 1.807) is 24.3 Å². The molecule has 1 aliphatic heterocycles. The van der Waals surface area contributed by atoms with Crippen LogP contribution in [-0.4, -0.2) is 23.8 Å². The Morgan fingerprint density at radius 3 is 2.95 bits per heavy atom. The summed E-state index contributed by atoms with van der Waals surface area (Å²) in [7, 11) is 1.77. The van der Waals surface area contributed by atoms with E-state index < -0.39 is 0 Å². The largest absolute Gasteiger partial charge is 0.352 e. The molecule has 2 heterocycles. The fourth-order valence-electron chi connectivity index (χ4n) is 2.58. The van der Waals surface area contributed by atoms with Crippen LogP contribution < -0.4 is 10.2 Å². The lowest BCUT2D eigenvalue weighted by molar-refractivity contribution is -0.120. The van der Waals surface area contributed by atoms with Crippen molar-refractivity contribution < 1.29 is 9.59 Å². The number of hydrogen-bond donors (Lipinski definition) is 1. The van der Waals surface area contributed by atoms with E-state index in [9.17, 15) is 9.59 Å². The van der Waals surface area contributed by atoms with E-state index in [2.05, 4.69) is 10.3 Å². The van der Waals surface area contributed by atoms with Gasteiger partial charge in [0.15, 0.2) is 0 Å². The third kappa shape index (κ3) is 2.98. The van der Waals surface area contributed by atoms with Crippen LogP contribution in [0.15, 0.2) is 42.7 Å². The molecule has 0 atom stereocenters. The first-order valence-electron chi connectivity index (χ1n) is 7.17. The van der Waals surface area contributed by atoms with Gasteiger partial charge in [-0.25, -0.2) is 0 Å². The van der Waals surface area contributed by atoms with Gasteiger partial charge in [-0.05, 0) is 28.8 Å². The average molecular weight is 295 g/mol. The minimum absolute atomic E-state index is 0.0403. The molecule has 3 rings (SSSR count). The Morgan fingerprint density at radius 1 is 1.32 bits per heavy atom. The van der Waals surface area contributed by atoms with Crippen LogP contribution in [0.3, 0.4) is 0 Å². The zero-order valence-electron chi connectivity index (χ0n) is 12.4. The molecule has 1 N–H and O–H groups in total. The Morgan fingerprint density at radius 2 is 2.18 bits per heavy atom. The molecule has 2 aromatic rings. The molecule has 0 saturated heterocycles. The third-order valence-corrected chi connectivity index (χ3v) is 3.80. The quantitative estimate of drug-likeness (QED) is 0.929. The molecule has 0 bridgehead atoms. The van der Waals surface area contributed by atoms with Gasteiger partial charge in [0.2, 0.25) is 11.8 Å². The lowest BCUT2D eigenvalue weighted by Crippen LogP contribution is -2.24. The molecule has 112 valence electrons. The summed E-state index contributed by atoms with van der Waals surface area (Å²) in [6.45, 7) is 0.471. The first-order valence-corrected chi connectivity index (χ1v) is 7.17. The third-order valence-electron chi connectivity index (χ3n) is 3.80. The Labute approximate surface area is 129 Å². The van der Waals surface area contributed by atoms with Crippen LogP contribution in [0, 0.1) is 0 Å². The van der Waals surface area contributed by atoms with Crippen molar-refractivity contribution in [1.82, 2.24) is 10.3 Å². The zero-order chi connectivity index (χ0) is 15.5. The lowest BCUT2D eigenvalue weighted by Gasteiger charge is -2.10. The summed E-state index contributed by atoms with van der Waals surface area (Å²) in [5.41, 5.74) is 3.82. The average Bonchev–Trinajstić information content (AvgIpc) is 2.81. The Kier molecular flexibility index (Phi) is 3.87. The van der Waals surface area contributed by atoms with Crippen molar-refractivity contribution in [2.24, 2.45) is 0 Å². The molecule has 0 fully saturated rings. The van der Waals surface area contributed by atoms with Crippen LogP contribution in [0.4, 0.5) is 5.69 Å². The van der Waals surface area contributed by atoms with E-state index in [1.165, 1.54) is 0 Å². The van der Waals surface area contributed by atoms with Crippen LogP contribution >= 0.6 is 0 Å². The fraction of sp³-hybridized carbons (Fsp3) is 0.235. The fourth-order valence-corrected chi connectivity index (χ4v) is 2.58. The van der Waals surface area contributed by atoms with Gasteiger partial charge in [-0.2, -0.15) is 0 Å². The van der Waals surface area contributed by atoms with Crippen LogP contribution in [0.1, 0.15) is 16.7 Å². The summed E-state index contributed by atoms with van der Waals surface area (Å²) in [6.07, 6.45) is 4.16. The molecule has 0 saturated carbocycles. The first kappa shape index (κ1) is 14.3. The minimum Gasteiger partial charge on any atom is -0.352 e. The summed E-state index contributed by atoms with van der Waals surface area (Å²) in [5, 5.41) is 2.88. The molecule has 5 heteroatoms. The van der Waals surface area contributed by atoms with Gasteiger partial charge in [-0.15, -0.1) is 0 Å². The Bertz CT molecular complexity index is 713. The maximum Gasteiger partial charge on any atom is 0.231 e. The number of nitrogens with one attached hydrogen (secondary N) is 1. The molecular formula is C17H17N3O2. The van der Waals surface area contributed by atoms with Gasteiger partial charge in [-0.3, -0.25) is 14.6 Å². The molecule has 0 aliphatic carbocycles. The topological polar surface area (TPSA) is 62.3 Å². The van der Waals surface area contributed by atoms with Crippen molar-refractivity contribution in [1.29, 1.82) is 0 Å². The van der Waals surface area contributed by atoms with Crippen molar-refractivity contribution in [3.63, 3.8) is 0 Å². The molecule has 1 aromatic heterocycles. The van der Waals surface area contributed by atoms with Crippen LogP contribution in [-0.2, 0) is 29.0 Å². The highest BCUT2D eigenvalue weighted by atomic mass is 16.2. The van der Waals surface area contributed by atoms with E-state index in [-0.39, 0.29) is 11.8 Å². The second kappa shape index (κ2) is 5.97. The lowest BCUT2D eigenvalue weighted by atomic mass is 10.1. The highest BCUT2D eigenvalue weighted by Gasteiger charge is 2.23. The minimum atomic E-state index is -0.0403. The number of carbonyl (C=O) groups excluding carboxylic acids is 2. The van der Waals surface area contributed by atoms with Gasteiger partial charge < -0.3 is 10.2 Å². The predicted octanol–water partition coefficient (Wildman–Crippen LogP) is 1.46. The maximum absolute atomic E-state index is 12.0. The van der Waals surface area contributed by atoms with Crippen molar-refractivity contribution in [3.8, 4) is 0 Å². The SMILES string of the molecule is CN1C(=O)Cc2cc(CC(=O)NCc3cccnc3)ccc21. The van der Waals surface area contributed by atoms with E-state index in [1.807, 2.05) is 30.3 Å². The number of amides is 2. The highest BCUT2D eigenvalue weighted by molar-refractivity contribution is 6.01. The summed E-state index contributed by atoms with van der Waals surface area (Å²) in [4.78, 5) is 29.3. The van der Waals surface area contributed by atoms with Crippen molar-refractivity contribution >= 4 is 17.5 Å². The molecule has 0 radical (unpaired) electrons. The standard InChI is InChI=1S/C17H17N3O2/c1-20-15-5-4-12(7-14(15)9-17(20)22)8-16(21)19-11-13-3-2-6-18-10-13/h2-7,10H,8-9,11H2,1H3,(H,19,21). The normalized spacial score (nSPS) is 13.1. The Balaban J connectivity index is 1.61. The second-order valence-electron chi connectivity index (χ2n) is 5.41. The summed E-state index contributed by atoms with van der Waals surface area (Å²) in [6, 6.07) is 9.52. The van der Waals surface area contributed by atoms with Crippen molar-refractivity contribution in [3.05, 3.63) is 59.4 Å². The van der Waals surface area contributed by atoms with Crippen molar-refractivity contribution in [2.75, 3.05) is 11.9 Å². The number of likely N-dealkylation sites (N-methyl/N-ethyl adjacent to an activating group) is 1. The monoisotopic (exact) mass is 295 g/mol. The van der Waals surface area contributed by atoms with E-state index in [0.717, 1.165) is 22.4 Å². The van der Waals surface area contributed by atoms with E-state index in [4.69, 9.17) is 0 Å². The summed E-state index contributed by atoms with van der Waals surface area (Å²) >= 11 is 0. The van der Waals surface area contributed by atoms with Gasteiger partial charge in [0, 0.05) is 31.7 Å². The van der Waals surface area contributed by atoms with Crippen LogP contribution in [0.2, 0.25) is 0 Å². The van der Waals surface area contributed by atoms with E-state index in [0.29, 0.717) is 19.4 Å². The highest BCUT2D eigenvalue weighted by Crippen LogP contribution is 2.28. The van der Waals surface area contributed by atoms with Crippen molar-refractivity contribution in [2.45, 2.75) is 19.4 Å². The number of carbonyl (C=O) groups is 2. The molecular weight excluding hydrogens is 278 g/mol. The number of pyridine rings is 1. The zero-order valence-corrected chi connectivity index (χ0v) is 12.4. The molecule has 0 unspecified atom stereocenters. The molecule has 22 heavy (non-hydrogen) atoms. The number of nitrogens with zero attached hydrogens (tertiary/aromatic N) is 2. The summed E-state index contributed by atoms with van der Waals surface area (Å²) in [5.74, 6) is 0.0506. The molecule has 1 aromatic carbocycles. The smallest absolute Gasteiger partial charge is 0.231 e. The van der Waals surface area contributed by atoms with Gasteiger partial charge in [0.1, 0.15) is 0 Å². The summed E-state index contributed by atoms with van der Waals surface area (Å²) < 4.78 is 0.